The van der Waals surface area contributed by atoms with Gasteiger partial charge in [0.15, 0.2) is 5.69 Å². The van der Waals surface area contributed by atoms with Crippen molar-refractivity contribution >= 4 is 40.8 Å². The first kappa shape index (κ1) is 26.3. The summed E-state index contributed by atoms with van der Waals surface area (Å²) in [7, 11) is 0. The van der Waals surface area contributed by atoms with E-state index in [0.29, 0.717) is 16.9 Å². The highest BCUT2D eigenvalue weighted by molar-refractivity contribution is 6.38. The summed E-state index contributed by atoms with van der Waals surface area (Å²) >= 11 is 12.7. The third-order valence-corrected chi connectivity index (χ3v) is 5.80. The van der Waals surface area contributed by atoms with Crippen molar-refractivity contribution in [2.75, 3.05) is 11.9 Å². The lowest BCUT2D eigenvalue weighted by Gasteiger charge is -2.16. The van der Waals surface area contributed by atoms with E-state index < -0.39 is 23.2 Å². The van der Waals surface area contributed by atoms with Crippen LogP contribution in [0.25, 0.3) is 16.9 Å². The van der Waals surface area contributed by atoms with Crippen molar-refractivity contribution in [1.29, 1.82) is 0 Å². The average Bonchev–Trinajstić information content (AvgIpc) is 3.27. The predicted octanol–water partition coefficient (Wildman–Crippen LogP) is 5.13. The van der Waals surface area contributed by atoms with Gasteiger partial charge in [0.2, 0.25) is 0 Å². The van der Waals surface area contributed by atoms with Gasteiger partial charge >= 0.3 is 0 Å². The van der Waals surface area contributed by atoms with Crippen LogP contribution in [0.2, 0.25) is 10.0 Å². The molecule has 2 aromatic carbocycles. The number of benzene rings is 2. The Morgan fingerprint density at radius 1 is 1.03 bits per heavy atom. The van der Waals surface area contributed by atoms with Crippen LogP contribution in [-0.2, 0) is 0 Å². The van der Waals surface area contributed by atoms with Gasteiger partial charge in [0.05, 0.1) is 38.8 Å². The van der Waals surface area contributed by atoms with Crippen LogP contribution in [-0.4, -0.2) is 43.8 Å². The standard InChI is InChI=1S/C26H22Cl2FN5O3/c1-26(2,37)14-31-25(36)22-12-23(34(33-22)16-6-4-3-5-7-16)32-24(35)18-10-17(19(27)11-20(18)28)21-9-8-15(29)13-30-21/h3-13,37H,14H2,1-2H3,(H,31,36)(H,32,35). The number of aliphatic hydroxyl groups is 1. The molecule has 0 saturated heterocycles. The number of amides is 2. The van der Waals surface area contributed by atoms with Crippen LogP contribution in [0.3, 0.4) is 0 Å². The molecule has 190 valence electrons. The fourth-order valence-electron chi connectivity index (χ4n) is 3.37. The number of hydrogen-bond donors (Lipinski definition) is 3. The van der Waals surface area contributed by atoms with E-state index in [1.165, 1.54) is 35.0 Å². The van der Waals surface area contributed by atoms with Crippen molar-refractivity contribution < 1.29 is 19.1 Å². The quantitative estimate of drug-likeness (QED) is 0.300. The van der Waals surface area contributed by atoms with Crippen LogP contribution in [0.5, 0.6) is 0 Å². The Morgan fingerprint density at radius 3 is 2.41 bits per heavy atom. The Hall–Kier alpha value is -3.79. The van der Waals surface area contributed by atoms with E-state index in [1.807, 2.05) is 6.07 Å². The van der Waals surface area contributed by atoms with Crippen molar-refractivity contribution in [3.8, 4) is 16.9 Å². The predicted molar refractivity (Wildman–Crippen MR) is 140 cm³/mol. The molecular formula is C26H22Cl2FN5O3. The van der Waals surface area contributed by atoms with Crippen LogP contribution in [0.15, 0.2) is 66.9 Å². The second kappa shape index (κ2) is 10.7. The Morgan fingerprint density at radius 2 is 1.76 bits per heavy atom. The minimum absolute atomic E-state index is 0.00625. The zero-order valence-electron chi connectivity index (χ0n) is 19.8. The molecule has 0 saturated carbocycles. The number of rotatable bonds is 7. The monoisotopic (exact) mass is 541 g/mol. The van der Waals surface area contributed by atoms with Gasteiger partial charge in [-0.1, -0.05) is 41.4 Å². The van der Waals surface area contributed by atoms with Crippen LogP contribution in [0, 0.1) is 5.82 Å². The van der Waals surface area contributed by atoms with Gasteiger partial charge in [-0.15, -0.1) is 0 Å². The highest BCUT2D eigenvalue weighted by Gasteiger charge is 2.22. The van der Waals surface area contributed by atoms with Gasteiger partial charge in [0.1, 0.15) is 11.6 Å². The number of pyridine rings is 1. The molecule has 0 aliphatic heterocycles. The van der Waals surface area contributed by atoms with Crippen molar-refractivity contribution in [3.05, 3.63) is 94.0 Å². The Bertz CT molecular complexity index is 1450. The molecule has 4 rings (SSSR count). The molecule has 2 heterocycles. The zero-order valence-corrected chi connectivity index (χ0v) is 21.3. The molecule has 3 N–H and O–H groups in total. The van der Waals surface area contributed by atoms with E-state index in [1.54, 1.807) is 38.1 Å². The van der Waals surface area contributed by atoms with Crippen LogP contribution in [0.1, 0.15) is 34.7 Å². The second-order valence-corrected chi connectivity index (χ2v) is 9.60. The van der Waals surface area contributed by atoms with Gasteiger partial charge in [-0.25, -0.2) is 9.07 Å². The molecule has 0 aliphatic carbocycles. The van der Waals surface area contributed by atoms with Crippen LogP contribution >= 0.6 is 23.2 Å². The highest BCUT2D eigenvalue weighted by Crippen LogP contribution is 2.32. The van der Waals surface area contributed by atoms with Crippen LogP contribution < -0.4 is 10.6 Å². The molecule has 0 aliphatic rings. The average molecular weight is 542 g/mol. The molecule has 0 spiro atoms. The topological polar surface area (TPSA) is 109 Å². The molecule has 0 atom stereocenters. The summed E-state index contributed by atoms with van der Waals surface area (Å²) in [5.74, 6) is -1.42. The maximum absolute atomic E-state index is 13.3. The molecule has 2 aromatic heterocycles. The Balaban J connectivity index is 1.68. The van der Waals surface area contributed by atoms with Crippen molar-refractivity contribution in [1.82, 2.24) is 20.1 Å². The largest absolute Gasteiger partial charge is 0.389 e. The van der Waals surface area contributed by atoms with E-state index in [2.05, 4.69) is 20.7 Å². The summed E-state index contributed by atoms with van der Waals surface area (Å²) in [4.78, 5) is 30.0. The molecule has 11 heteroatoms. The van der Waals surface area contributed by atoms with Gasteiger partial charge < -0.3 is 15.7 Å². The first-order chi connectivity index (χ1) is 17.5. The highest BCUT2D eigenvalue weighted by atomic mass is 35.5. The molecule has 37 heavy (non-hydrogen) atoms. The summed E-state index contributed by atoms with van der Waals surface area (Å²) in [6.07, 6.45) is 1.04. The summed E-state index contributed by atoms with van der Waals surface area (Å²) in [6, 6.07) is 15.9. The van der Waals surface area contributed by atoms with Gasteiger partial charge in [0.25, 0.3) is 11.8 Å². The lowest BCUT2D eigenvalue weighted by atomic mass is 10.1. The molecule has 8 nitrogen and oxygen atoms in total. The minimum Gasteiger partial charge on any atom is -0.389 e. The van der Waals surface area contributed by atoms with E-state index in [0.717, 1.165) is 6.20 Å². The third kappa shape index (κ3) is 6.32. The number of carbonyl (C=O) groups is 2. The smallest absolute Gasteiger partial charge is 0.271 e. The Labute approximate surface area is 222 Å². The van der Waals surface area contributed by atoms with Gasteiger partial charge in [0, 0.05) is 18.2 Å². The van der Waals surface area contributed by atoms with E-state index in [-0.39, 0.29) is 33.7 Å². The minimum atomic E-state index is -1.11. The molecular weight excluding hydrogens is 520 g/mol. The molecule has 4 aromatic rings. The summed E-state index contributed by atoms with van der Waals surface area (Å²) in [5, 5.41) is 19.9. The number of anilines is 1. The lowest BCUT2D eigenvalue weighted by Crippen LogP contribution is -2.38. The maximum atomic E-state index is 13.3. The normalized spacial score (nSPS) is 11.3. The Kier molecular flexibility index (Phi) is 7.58. The van der Waals surface area contributed by atoms with Crippen molar-refractivity contribution in [3.63, 3.8) is 0 Å². The van der Waals surface area contributed by atoms with Gasteiger partial charge in [-0.3, -0.25) is 14.6 Å². The number of hydrogen-bond acceptors (Lipinski definition) is 5. The molecule has 0 bridgehead atoms. The number of carbonyl (C=O) groups excluding carboxylic acids is 2. The molecule has 0 fully saturated rings. The first-order valence-corrected chi connectivity index (χ1v) is 11.9. The fourth-order valence-corrected chi connectivity index (χ4v) is 3.94. The summed E-state index contributed by atoms with van der Waals surface area (Å²) in [6.45, 7) is 3.13. The SMILES string of the molecule is CC(C)(O)CNC(=O)c1cc(NC(=O)c2cc(-c3ccc(F)cn3)c(Cl)cc2Cl)n(-c2ccccc2)n1. The second-order valence-electron chi connectivity index (χ2n) is 8.78. The number of nitrogens with zero attached hydrogens (tertiary/aromatic N) is 3. The van der Waals surface area contributed by atoms with E-state index >= 15 is 0 Å². The van der Waals surface area contributed by atoms with Crippen LogP contribution in [0.4, 0.5) is 10.2 Å². The van der Waals surface area contributed by atoms with Crippen molar-refractivity contribution in [2.45, 2.75) is 19.4 Å². The lowest BCUT2D eigenvalue weighted by molar-refractivity contribution is 0.0691. The summed E-state index contributed by atoms with van der Waals surface area (Å²) < 4.78 is 14.7. The molecule has 2 amide bonds. The maximum Gasteiger partial charge on any atom is 0.271 e. The van der Waals surface area contributed by atoms with Crippen molar-refractivity contribution in [2.24, 2.45) is 0 Å². The third-order valence-electron chi connectivity index (χ3n) is 5.17. The van der Waals surface area contributed by atoms with Gasteiger partial charge in [-0.2, -0.15) is 5.10 Å². The summed E-state index contributed by atoms with van der Waals surface area (Å²) in [5.41, 5.74) is 0.342. The van der Waals surface area contributed by atoms with E-state index in [4.69, 9.17) is 23.2 Å². The van der Waals surface area contributed by atoms with Gasteiger partial charge in [-0.05, 0) is 50.2 Å². The molecule has 0 radical (unpaired) electrons. The van der Waals surface area contributed by atoms with E-state index in [9.17, 15) is 19.1 Å². The number of halogens is 3. The number of aromatic nitrogens is 3. The fraction of sp³-hybridized carbons (Fsp3) is 0.154. The first-order valence-electron chi connectivity index (χ1n) is 11.1. The zero-order chi connectivity index (χ0) is 26.7. The molecule has 0 unspecified atom stereocenters. The number of nitrogens with one attached hydrogen (secondary N) is 2. The number of para-hydroxylation sites is 1.